The maximum absolute atomic E-state index is 13.3. The van der Waals surface area contributed by atoms with Gasteiger partial charge in [0.05, 0.1) is 0 Å². The van der Waals surface area contributed by atoms with Crippen LogP contribution >= 0.6 is 15.9 Å². The monoisotopic (exact) mass is 329 g/mol. The normalized spacial score (nSPS) is 21.3. The van der Waals surface area contributed by atoms with Crippen LogP contribution in [0.4, 0.5) is 13.2 Å². The number of amidine groups is 1. The van der Waals surface area contributed by atoms with Crippen molar-refractivity contribution in [2.45, 2.75) is 5.08 Å². The van der Waals surface area contributed by atoms with E-state index in [9.17, 15) is 13.2 Å². The average Bonchev–Trinajstić information content (AvgIpc) is 2.75. The van der Waals surface area contributed by atoms with Crippen molar-refractivity contribution in [1.82, 2.24) is 10.4 Å². The molecule has 0 aliphatic carbocycles. The number of alkyl halides is 1. The maximum atomic E-state index is 13.3. The molecule has 0 saturated carbocycles. The fraction of sp³-hybridized carbons (Fsp3) is 0.0833. The molecular weight excluding hydrogens is 323 g/mol. The first-order valence-electron chi connectivity index (χ1n) is 5.37. The van der Waals surface area contributed by atoms with E-state index in [1.807, 2.05) is 0 Å². The third kappa shape index (κ3) is 2.08. The van der Waals surface area contributed by atoms with Crippen molar-refractivity contribution < 1.29 is 13.2 Å². The van der Waals surface area contributed by atoms with Crippen molar-refractivity contribution in [3.05, 3.63) is 53.5 Å². The summed E-state index contributed by atoms with van der Waals surface area (Å²) in [5.41, 5.74) is 3.69. The van der Waals surface area contributed by atoms with Crippen LogP contribution in [0.5, 0.6) is 0 Å². The Morgan fingerprint density at radius 1 is 1.21 bits per heavy atom. The van der Waals surface area contributed by atoms with Gasteiger partial charge in [-0.3, -0.25) is 5.01 Å². The number of fused-ring (bicyclic) bond motifs is 1. The number of allylic oxidation sites excluding steroid dienone is 2. The second-order valence-electron chi connectivity index (χ2n) is 3.96. The van der Waals surface area contributed by atoms with Crippen LogP contribution in [0.15, 0.2) is 35.5 Å². The van der Waals surface area contributed by atoms with Crippen LogP contribution in [0, 0.1) is 17.5 Å². The molecule has 0 bridgehead atoms. The predicted octanol–water partition coefficient (Wildman–Crippen LogP) is 2.91. The molecule has 7 heteroatoms. The second-order valence-corrected chi connectivity index (χ2v) is 4.83. The molecule has 0 saturated heterocycles. The highest BCUT2D eigenvalue weighted by atomic mass is 79.9. The van der Waals surface area contributed by atoms with Crippen LogP contribution in [-0.2, 0) is 0 Å². The third-order valence-corrected chi connectivity index (χ3v) is 3.15. The van der Waals surface area contributed by atoms with Gasteiger partial charge in [0.1, 0.15) is 0 Å². The summed E-state index contributed by atoms with van der Waals surface area (Å²) in [5, 5.41) is 1.30. The number of hydrogen-bond acceptors (Lipinski definition) is 3. The summed E-state index contributed by atoms with van der Waals surface area (Å²) in [5.74, 6) is -3.41. The molecule has 0 amide bonds. The van der Waals surface area contributed by atoms with Crippen molar-refractivity contribution in [3.63, 3.8) is 0 Å². The summed E-state index contributed by atoms with van der Waals surface area (Å²) in [6.45, 7) is 0. The fourth-order valence-corrected chi connectivity index (χ4v) is 2.34. The summed E-state index contributed by atoms with van der Waals surface area (Å²) in [4.78, 5) is 4.24. The number of aliphatic imine (C=N–C) groups is 1. The molecule has 1 atom stereocenters. The van der Waals surface area contributed by atoms with Gasteiger partial charge in [-0.05, 0) is 45.8 Å². The van der Waals surface area contributed by atoms with E-state index in [2.05, 4.69) is 26.3 Å². The summed E-state index contributed by atoms with van der Waals surface area (Å²) in [7, 11) is 0. The Balaban J connectivity index is 2.09. The molecule has 0 spiro atoms. The van der Waals surface area contributed by atoms with Crippen molar-refractivity contribution in [3.8, 4) is 0 Å². The molecular formula is C12H7BrF3N3. The van der Waals surface area contributed by atoms with E-state index in [1.54, 1.807) is 23.4 Å². The standard InChI is InChI=1S/C12H7BrF3N3/c13-12-17-11-7(2-1-3-19(11)18-12)6-4-8(14)10(16)9(15)5-6/h1-5,12,18H. The fourth-order valence-electron chi connectivity index (χ4n) is 1.92. The van der Waals surface area contributed by atoms with Gasteiger partial charge in [0.2, 0.25) is 0 Å². The molecule has 1 aromatic rings. The first-order chi connectivity index (χ1) is 9.06. The van der Waals surface area contributed by atoms with E-state index < -0.39 is 17.5 Å². The van der Waals surface area contributed by atoms with Crippen molar-refractivity contribution in [1.29, 1.82) is 0 Å². The zero-order valence-electron chi connectivity index (χ0n) is 9.37. The molecule has 2 heterocycles. The summed E-state index contributed by atoms with van der Waals surface area (Å²) in [6.07, 6.45) is 5.08. The van der Waals surface area contributed by atoms with Gasteiger partial charge >= 0.3 is 0 Å². The Bertz CT molecular complexity index is 616. The highest BCUT2D eigenvalue weighted by Gasteiger charge is 2.27. The quantitative estimate of drug-likeness (QED) is 0.487. The number of nitrogens with one attached hydrogen (secondary N) is 1. The molecule has 19 heavy (non-hydrogen) atoms. The van der Waals surface area contributed by atoms with Crippen LogP contribution < -0.4 is 5.43 Å². The zero-order chi connectivity index (χ0) is 13.6. The van der Waals surface area contributed by atoms with Crippen LogP contribution in [0.25, 0.3) is 5.57 Å². The minimum Gasteiger partial charge on any atom is -0.264 e. The lowest BCUT2D eigenvalue weighted by Gasteiger charge is -2.21. The highest BCUT2D eigenvalue weighted by molar-refractivity contribution is 9.09. The van der Waals surface area contributed by atoms with E-state index in [0.717, 1.165) is 12.1 Å². The van der Waals surface area contributed by atoms with E-state index >= 15 is 0 Å². The highest BCUT2D eigenvalue weighted by Crippen LogP contribution is 2.27. The van der Waals surface area contributed by atoms with Crippen LogP contribution in [0.1, 0.15) is 5.56 Å². The second kappa shape index (κ2) is 4.50. The lowest BCUT2D eigenvalue weighted by atomic mass is 10.0. The molecule has 2 aliphatic heterocycles. The number of rotatable bonds is 1. The van der Waals surface area contributed by atoms with Gasteiger partial charge in [0.25, 0.3) is 0 Å². The third-order valence-electron chi connectivity index (χ3n) is 2.74. The van der Waals surface area contributed by atoms with Crippen LogP contribution in [0.2, 0.25) is 0 Å². The minimum absolute atomic E-state index is 0.230. The zero-order valence-corrected chi connectivity index (χ0v) is 11.0. The predicted molar refractivity (Wildman–Crippen MR) is 68.6 cm³/mol. The molecule has 2 aliphatic rings. The Morgan fingerprint density at radius 3 is 2.58 bits per heavy atom. The number of nitrogens with zero attached hydrogens (tertiary/aromatic N) is 2. The van der Waals surface area contributed by atoms with Gasteiger partial charge in [-0.25, -0.2) is 18.2 Å². The molecule has 3 rings (SSSR count). The number of hydrogen-bond donors (Lipinski definition) is 1. The van der Waals surface area contributed by atoms with Gasteiger partial charge in [0.15, 0.2) is 28.4 Å². The molecule has 1 N–H and O–H groups in total. The van der Waals surface area contributed by atoms with Crippen molar-refractivity contribution in [2.24, 2.45) is 4.99 Å². The Hall–Kier alpha value is -1.60. The Morgan fingerprint density at radius 2 is 1.89 bits per heavy atom. The largest absolute Gasteiger partial charge is 0.264 e. The Labute approximate surface area is 115 Å². The van der Waals surface area contributed by atoms with Crippen molar-refractivity contribution in [2.75, 3.05) is 0 Å². The molecule has 1 unspecified atom stereocenters. The number of hydrazine groups is 1. The van der Waals surface area contributed by atoms with E-state index in [0.29, 0.717) is 11.4 Å². The smallest absolute Gasteiger partial charge is 0.194 e. The van der Waals surface area contributed by atoms with Gasteiger partial charge in [-0.15, -0.1) is 0 Å². The van der Waals surface area contributed by atoms with Crippen LogP contribution in [-0.4, -0.2) is 15.9 Å². The Kier molecular flexibility index (Phi) is 2.94. The molecule has 3 nitrogen and oxygen atoms in total. The summed E-state index contributed by atoms with van der Waals surface area (Å²) < 4.78 is 39.5. The number of benzene rings is 1. The lowest BCUT2D eigenvalue weighted by molar-refractivity contribution is 0.440. The van der Waals surface area contributed by atoms with E-state index in [-0.39, 0.29) is 10.6 Å². The minimum atomic E-state index is -1.47. The van der Waals surface area contributed by atoms with Crippen molar-refractivity contribution >= 4 is 27.3 Å². The van der Waals surface area contributed by atoms with Gasteiger partial charge in [-0.2, -0.15) is 5.43 Å². The molecule has 1 aromatic carbocycles. The van der Waals surface area contributed by atoms with Gasteiger partial charge in [-0.1, -0.05) is 0 Å². The molecule has 0 fully saturated rings. The molecule has 98 valence electrons. The van der Waals surface area contributed by atoms with E-state index in [4.69, 9.17) is 0 Å². The maximum Gasteiger partial charge on any atom is 0.194 e. The average molecular weight is 330 g/mol. The SMILES string of the molecule is Fc1cc(C2=CC=CN3NC(Br)N=C23)cc(F)c1F. The van der Waals surface area contributed by atoms with Gasteiger partial charge < -0.3 is 0 Å². The molecule has 0 aromatic heterocycles. The summed E-state index contributed by atoms with van der Waals surface area (Å²) >= 11 is 3.26. The number of halogens is 4. The van der Waals surface area contributed by atoms with Crippen LogP contribution in [0.3, 0.4) is 0 Å². The van der Waals surface area contributed by atoms with E-state index in [1.165, 1.54) is 0 Å². The molecule has 0 radical (unpaired) electrons. The topological polar surface area (TPSA) is 27.6 Å². The first-order valence-corrected chi connectivity index (χ1v) is 6.29. The summed E-state index contributed by atoms with van der Waals surface area (Å²) in [6, 6.07) is 1.90. The lowest BCUT2D eigenvalue weighted by Crippen LogP contribution is -2.35. The first kappa shape index (κ1) is 12.4. The van der Waals surface area contributed by atoms with Gasteiger partial charge in [0, 0.05) is 11.8 Å².